The Kier molecular flexibility index (Phi) is 2.11. The van der Waals surface area contributed by atoms with E-state index in [4.69, 9.17) is 4.74 Å². The Bertz CT molecular complexity index is 326. The topological polar surface area (TPSA) is 46.6 Å². The van der Waals surface area contributed by atoms with Gasteiger partial charge in [0.05, 0.1) is 24.0 Å². The van der Waals surface area contributed by atoms with Crippen LogP contribution in [0.2, 0.25) is 0 Å². The summed E-state index contributed by atoms with van der Waals surface area (Å²) in [4.78, 5) is 25.9. The maximum Gasteiger partial charge on any atom is 0.236 e. The van der Waals surface area contributed by atoms with Crippen molar-refractivity contribution >= 4 is 11.8 Å². The molecule has 3 aliphatic heterocycles. The summed E-state index contributed by atoms with van der Waals surface area (Å²) >= 11 is 0. The van der Waals surface area contributed by atoms with Gasteiger partial charge >= 0.3 is 0 Å². The van der Waals surface area contributed by atoms with E-state index in [1.54, 1.807) is 0 Å². The number of amides is 2. The number of rotatable bonds is 2. The third kappa shape index (κ3) is 1.08. The summed E-state index contributed by atoms with van der Waals surface area (Å²) in [7, 11) is 0. The Morgan fingerprint density at radius 3 is 2.19 bits per heavy atom. The highest BCUT2D eigenvalue weighted by molar-refractivity contribution is 6.06. The van der Waals surface area contributed by atoms with Gasteiger partial charge in [0.15, 0.2) is 0 Å². The zero-order valence-electron chi connectivity index (χ0n) is 9.68. The van der Waals surface area contributed by atoms with Gasteiger partial charge in [-0.1, -0.05) is 6.92 Å². The summed E-state index contributed by atoms with van der Waals surface area (Å²) in [6, 6.07) is 0.0324. The molecule has 0 aromatic heterocycles. The molecule has 5 atom stereocenters. The minimum atomic E-state index is -0.166. The maximum absolute atomic E-state index is 12.2. The number of nitrogens with zero attached hydrogens (tertiary/aromatic N) is 1. The predicted molar refractivity (Wildman–Crippen MR) is 56.5 cm³/mol. The van der Waals surface area contributed by atoms with Crippen LogP contribution in [0.4, 0.5) is 0 Å². The van der Waals surface area contributed by atoms with Gasteiger partial charge in [-0.15, -0.1) is 0 Å². The number of imide groups is 1. The van der Waals surface area contributed by atoms with Crippen molar-refractivity contribution in [1.29, 1.82) is 0 Å². The van der Waals surface area contributed by atoms with E-state index in [2.05, 4.69) is 0 Å². The summed E-state index contributed by atoms with van der Waals surface area (Å²) in [5, 5.41) is 0. The Balaban J connectivity index is 1.92. The molecule has 0 spiro atoms. The van der Waals surface area contributed by atoms with Crippen molar-refractivity contribution in [3.05, 3.63) is 0 Å². The van der Waals surface area contributed by atoms with Crippen LogP contribution in [-0.2, 0) is 14.3 Å². The van der Waals surface area contributed by atoms with Crippen molar-refractivity contribution in [2.75, 3.05) is 0 Å². The van der Waals surface area contributed by atoms with Gasteiger partial charge in [0.1, 0.15) is 0 Å². The minimum Gasteiger partial charge on any atom is -0.373 e. The van der Waals surface area contributed by atoms with E-state index < -0.39 is 0 Å². The number of ether oxygens (including phenoxy) is 1. The van der Waals surface area contributed by atoms with E-state index in [1.807, 2.05) is 13.8 Å². The van der Waals surface area contributed by atoms with E-state index in [0.717, 1.165) is 19.3 Å². The summed E-state index contributed by atoms with van der Waals surface area (Å²) < 4.78 is 5.67. The molecule has 0 saturated carbocycles. The Morgan fingerprint density at radius 1 is 1.25 bits per heavy atom. The van der Waals surface area contributed by atoms with Crippen molar-refractivity contribution in [3.63, 3.8) is 0 Å². The smallest absolute Gasteiger partial charge is 0.236 e. The average molecular weight is 223 g/mol. The van der Waals surface area contributed by atoms with Crippen LogP contribution in [0.3, 0.4) is 0 Å². The molecule has 4 heteroatoms. The van der Waals surface area contributed by atoms with Gasteiger partial charge in [-0.3, -0.25) is 14.5 Å². The van der Waals surface area contributed by atoms with Crippen LogP contribution >= 0.6 is 0 Å². The van der Waals surface area contributed by atoms with Gasteiger partial charge in [-0.05, 0) is 26.2 Å². The Morgan fingerprint density at radius 2 is 1.75 bits per heavy atom. The molecular weight excluding hydrogens is 206 g/mol. The lowest BCUT2D eigenvalue weighted by molar-refractivity contribution is -0.145. The number of carbonyl (C=O) groups is 2. The molecule has 0 N–H and O–H groups in total. The van der Waals surface area contributed by atoms with Gasteiger partial charge in [-0.2, -0.15) is 0 Å². The van der Waals surface area contributed by atoms with Crippen molar-refractivity contribution in [2.24, 2.45) is 11.8 Å². The summed E-state index contributed by atoms with van der Waals surface area (Å²) in [5.74, 6) is -0.311. The van der Waals surface area contributed by atoms with Crippen LogP contribution in [0.25, 0.3) is 0 Å². The third-order valence-electron chi connectivity index (χ3n) is 4.35. The lowest BCUT2D eigenvalue weighted by atomic mass is 9.81. The predicted octanol–water partition coefficient (Wildman–Crippen LogP) is 0.947. The molecule has 0 aliphatic carbocycles. The molecule has 2 bridgehead atoms. The van der Waals surface area contributed by atoms with Crippen LogP contribution in [0.1, 0.15) is 33.1 Å². The van der Waals surface area contributed by atoms with Gasteiger partial charge in [-0.25, -0.2) is 0 Å². The first-order valence-electron chi connectivity index (χ1n) is 6.17. The van der Waals surface area contributed by atoms with Crippen LogP contribution in [0, 0.1) is 11.8 Å². The summed E-state index contributed by atoms with van der Waals surface area (Å²) in [6.07, 6.45) is 2.74. The zero-order valence-corrected chi connectivity index (χ0v) is 9.68. The number of likely N-dealkylation sites (tertiary alicyclic amines) is 1. The fraction of sp³-hybridized carbons (Fsp3) is 0.833. The van der Waals surface area contributed by atoms with Crippen molar-refractivity contribution < 1.29 is 14.3 Å². The average Bonchev–Trinajstić information content (AvgIpc) is 2.92. The van der Waals surface area contributed by atoms with Crippen LogP contribution in [0.5, 0.6) is 0 Å². The highest BCUT2D eigenvalue weighted by Crippen LogP contribution is 2.48. The molecule has 3 aliphatic rings. The molecule has 0 radical (unpaired) electrons. The van der Waals surface area contributed by atoms with Gasteiger partial charge in [0.25, 0.3) is 0 Å². The van der Waals surface area contributed by atoms with Gasteiger partial charge in [0.2, 0.25) is 11.8 Å². The molecule has 88 valence electrons. The molecule has 3 fully saturated rings. The highest BCUT2D eigenvalue weighted by atomic mass is 16.5. The van der Waals surface area contributed by atoms with E-state index in [0.29, 0.717) is 0 Å². The lowest BCUT2D eigenvalue weighted by Gasteiger charge is -2.23. The minimum absolute atomic E-state index is 0.0107. The zero-order chi connectivity index (χ0) is 11.4. The monoisotopic (exact) mass is 223 g/mol. The largest absolute Gasteiger partial charge is 0.373 e. The molecule has 2 amide bonds. The number of hydrogen-bond acceptors (Lipinski definition) is 3. The first-order chi connectivity index (χ1) is 7.65. The molecule has 0 aromatic carbocycles. The SMILES string of the molecule is CCC(C)N1C(=O)C2C(C1=O)[C@H]1CC[C@@H]2O1. The Labute approximate surface area is 94.9 Å². The number of fused-ring (bicyclic) bond motifs is 5. The molecule has 0 aromatic rings. The molecule has 4 nitrogen and oxygen atoms in total. The first kappa shape index (κ1) is 10.3. The van der Waals surface area contributed by atoms with Crippen molar-refractivity contribution in [2.45, 2.75) is 51.4 Å². The lowest BCUT2D eigenvalue weighted by Crippen LogP contribution is -2.40. The van der Waals surface area contributed by atoms with E-state index in [1.165, 1.54) is 4.90 Å². The fourth-order valence-electron chi connectivity index (χ4n) is 3.35. The standard InChI is InChI=1S/C12H17NO3/c1-3-6(2)13-11(14)9-7-4-5-8(16-7)10(9)12(13)15/h6-10H,3-5H2,1-2H3/t6?,7-,8+,9?,10?. The molecule has 3 rings (SSSR count). The first-order valence-corrected chi connectivity index (χ1v) is 6.17. The van der Waals surface area contributed by atoms with E-state index in [9.17, 15) is 9.59 Å². The second-order valence-electron chi connectivity index (χ2n) is 5.15. The van der Waals surface area contributed by atoms with Crippen LogP contribution in [0.15, 0.2) is 0 Å². The maximum atomic E-state index is 12.2. The summed E-state index contributed by atoms with van der Waals surface area (Å²) in [5.41, 5.74) is 0. The van der Waals surface area contributed by atoms with Gasteiger partial charge < -0.3 is 4.74 Å². The molecule has 3 unspecified atom stereocenters. The van der Waals surface area contributed by atoms with E-state index in [-0.39, 0.29) is 41.9 Å². The number of carbonyl (C=O) groups excluding carboxylic acids is 2. The summed E-state index contributed by atoms with van der Waals surface area (Å²) in [6.45, 7) is 3.95. The van der Waals surface area contributed by atoms with Crippen LogP contribution < -0.4 is 0 Å². The molecule has 3 heterocycles. The van der Waals surface area contributed by atoms with Crippen molar-refractivity contribution in [1.82, 2.24) is 4.90 Å². The van der Waals surface area contributed by atoms with Crippen LogP contribution in [-0.4, -0.2) is 35.0 Å². The highest BCUT2D eigenvalue weighted by Gasteiger charge is 2.62. The number of hydrogen-bond donors (Lipinski definition) is 0. The Hall–Kier alpha value is -0.900. The van der Waals surface area contributed by atoms with Gasteiger partial charge in [0, 0.05) is 6.04 Å². The molecule has 3 saturated heterocycles. The fourth-order valence-corrected chi connectivity index (χ4v) is 3.35. The second kappa shape index (κ2) is 3.29. The quantitative estimate of drug-likeness (QED) is 0.655. The van der Waals surface area contributed by atoms with E-state index >= 15 is 0 Å². The third-order valence-corrected chi connectivity index (χ3v) is 4.35. The molecule has 16 heavy (non-hydrogen) atoms. The van der Waals surface area contributed by atoms with Crippen molar-refractivity contribution in [3.8, 4) is 0 Å². The molecular formula is C12H17NO3. The second-order valence-corrected chi connectivity index (χ2v) is 5.15. The normalized spacial score (nSPS) is 43.0.